The highest BCUT2D eigenvalue weighted by Gasteiger charge is 1.93. The molecule has 0 saturated carbocycles. The molecule has 0 radical (unpaired) electrons. The van der Waals surface area contributed by atoms with Crippen molar-refractivity contribution in [1.29, 1.82) is 0 Å². The van der Waals surface area contributed by atoms with Crippen molar-refractivity contribution in [3.8, 4) is 0 Å². The zero-order chi connectivity index (χ0) is 8.97. The van der Waals surface area contributed by atoms with Crippen molar-refractivity contribution >= 4 is 12.4 Å². The lowest BCUT2D eigenvalue weighted by molar-refractivity contribution is -0.106. The second-order valence-corrected chi connectivity index (χ2v) is 2.41. The van der Waals surface area contributed by atoms with Crippen LogP contribution in [0.2, 0.25) is 0 Å². The molecule has 0 fully saturated rings. The van der Waals surface area contributed by atoms with E-state index in [2.05, 4.69) is 4.98 Å². The van der Waals surface area contributed by atoms with E-state index in [1.165, 1.54) is 0 Å². The van der Waals surface area contributed by atoms with Gasteiger partial charge in [-0.15, -0.1) is 0 Å². The van der Waals surface area contributed by atoms with Gasteiger partial charge in [0.2, 0.25) is 0 Å². The van der Waals surface area contributed by atoms with E-state index in [4.69, 9.17) is 0 Å². The van der Waals surface area contributed by atoms with Gasteiger partial charge < -0.3 is 0 Å². The first-order valence-electron chi connectivity index (χ1n) is 3.47. The van der Waals surface area contributed by atoms with E-state index in [1.807, 2.05) is 6.92 Å². The van der Waals surface area contributed by atoms with E-state index in [1.54, 1.807) is 18.3 Å². The molecule has 0 aliphatic heterocycles. The van der Waals surface area contributed by atoms with Crippen LogP contribution < -0.4 is 0 Å². The van der Waals surface area contributed by atoms with Gasteiger partial charge in [0.15, 0.2) is 12.1 Å². The number of hydrogen-bond donors (Lipinski definition) is 0. The SMILES string of the molecule is Cc1ccc(C=C(F)C=O)nc1. The van der Waals surface area contributed by atoms with Gasteiger partial charge in [0, 0.05) is 12.3 Å². The predicted molar refractivity (Wildman–Crippen MR) is 44.1 cm³/mol. The van der Waals surface area contributed by atoms with E-state index < -0.39 is 5.83 Å². The first-order chi connectivity index (χ1) is 5.72. The molecule has 0 unspecified atom stereocenters. The normalized spacial score (nSPS) is 11.3. The Bertz CT molecular complexity index is 303. The molecule has 0 aliphatic rings. The molecule has 0 saturated heterocycles. The van der Waals surface area contributed by atoms with Gasteiger partial charge in [0.1, 0.15) is 0 Å². The minimum Gasteiger partial charge on any atom is -0.295 e. The van der Waals surface area contributed by atoms with Crippen LogP contribution in [0.3, 0.4) is 0 Å². The summed E-state index contributed by atoms with van der Waals surface area (Å²) in [6.07, 6.45) is 2.86. The second-order valence-electron chi connectivity index (χ2n) is 2.41. The number of allylic oxidation sites excluding steroid dienone is 1. The van der Waals surface area contributed by atoms with Crippen LogP contribution in [-0.4, -0.2) is 11.3 Å². The molecular formula is C9H8FNO. The van der Waals surface area contributed by atoms with Crippen LogP contribution >= 0.6 is 0 Å². The summed E-state index contributed by atoms with van der Waals surface area (Å²) in [5.41, 5.74) is 1.45. The number of rotatable bonds is 2. The smallest absolute Gasteiger partial charge is 0.178 e. The third kappa shape index (κ3) is 2.27. The molecule has 12 heavy (non-hydrogen) atoms. The molecule has 62 valence electrons. The van der Waals surface area contributed by atoms with Crippen molar-refractivity contribution in [2.24, 2.45) is 0 Å². The molecule has 0 aromatic carbocycles. The Morgan fingerprint density at radius 2 is 2.33 bits per heavy atom. The average Bonchev–Trinajstić information content (AvgIpc) is 2.09. The molecule has 2 nitrogen and oxygen atoms in total. The van der Waals surface area contributed by atoms with Crippen LogP contribution in [0.4, 0.5) is 4.39 Å². The molecule has 1 heterocycles. The molecule has 0 bridgehead atoms. The number of pyridine rings is 1. The standard InChI is InChI=1S/C9H8FNO/c1-7-2-3-9(11-5-7)4-8(10)6-12/h2-6H,1H3. The van der Waals surface area contributed by atoms with Crippen LogP contribution in [0.25, 0.3) is 6.08 Å². The van der Waals surface area contributed by atoms with Gasteiger partial charge in [-0.1, -0.05) is 6.07 Å². The minimum absolute atomic E-state index is 0.154. The Kier molecular flexibility index (Phi) is 2.69. The number of carbonyl (C=O) groups is 1. The zero-order valence-electron chi connectivity index (χ0n) is 6.62. The van der Waals surface area contributed by atoms with E-state index in [-0.39, 0.29) is 6.29 Å². The summed E-state index contributed by atoms with van der Waals surface area (Å²) in [5.74, 6) is -0.814. The first-order valence-corrected chi connectivity index (χ1v) is 3.47. The van der Waals surface area contributed by atoms with E-state index in [9.17, 15) is 9.18 Å². The summed E-state index contributed by atoms with van der Waals surface area (Å²) in [7, 11) is 0. The fraction of sp³-hybridized carbons (Fsp3) is 0.111. The Hall–Kier alpha value is -1.51. The summed E-state index contributed by atoms with van der Waals surface area (Å²) >= 11 is 0. The molecule has 0 atom stereocenters. The van der Waals surface area contributed by atoms with E-state index in [0.717, 1.165) is 11.6 Å². The van der Waals surface area contributed by atoms with E-state index in [0.29, 0.717) is 5.69 Å². The molecule has 0 spiro atoms. The molecule has 1 aromatic rings. The highest BCUT2D eigenvalue weighted by Crippen LogP contribution is 2.04. The summed E-state index contributed by atoms with van der Waals surface area (Å²) in [6.45, 7) is 1.89. The van der Waals surface area contributed by atoms with Gasteiger partial charge in [-0.3, -0.25) is 9.78 Å². The Labute approximate surface area is 69.7 Å². The van der Waals surface area contributed by atoms with Crippen LogP contribution in [-0.2, 0) is 4.79 Å². The molecule has 0 aliphatic carbocycles. The number of carbonyl (C=O) groups excluding carboxylic acids is 1. The molecule has 0 N–H and O–H groups in total. The number of aromatic nitrogens is 1. The molecule has 0 amide bonds. The lowest BCUT2D eigenvalue weighted by atomic mass is 10.2. The summed E-state index contributed by atoms with van der Waals surface area (Å²) in [4.78, 5) is 13.8. The first kappa shape index (κ1) is 8.59. The van der Waals surface area contributed by atoms with Crippen molar-refractivity contribution in [3.05, 3.63) is 35.4 Å². The van der Waals surface area contributed by atoms with E-state index >= 15 is 0 Å². The Morgan fingerprint density at radius 3 is 2.83 bits per heavy atom. The lowest BCUT2D eigenvalue weighted by Gasteiger charge is -1.92. The monoisotopic (exact) mass is 165 g/mol. The molecule has 3 heteroatoms. The Morgan fingerprint density at radius 1 is 1.58 bits per heavy atom. The fourth-order valence-corrected chi connectivity index (χ4v) is 0.740. The zero-order valence-corrected chi connectivity index (χ0v) is 6.62. The quantitative estimate of drug-likeness (QED) is 0.494. The van der Waals surface area contributed by atoms with Crippen LogP contribution in [0.5, 0.6) is 0 Å². The summed E-state index contributed by atoms with van der Waals surface area (Å²) < 4.78 is 12.4. The maximum absolute atomic E-state index is 12.4. The van der Waals surface area contributed by atoms with Gasteiger partial charge in [0.05, 0.1) is 5.69 Å². The van der Waals surface area contributed by atoms with Crippen molar-refractivity contribution in [1.82, 2.24) is 4.98 Å². The third-order valence-electron chi connectivity index (χ3n) is 1.33. The average molecular weight is 165 g/mol. The van der Waals surface area contributed by atoms with Crippen molar-refractivity contribution in [2.75, 3.05) is 0 Å². The summed E-state index contributed by atoms with van der Waals surface area (Å²) in [5, 5.41) is 0. The van der Waals surface area contributed by atoms with Crippen molar-refractivity contribution in [2.45, 2.75) is 6.92 Å². The van der Waals surface area contributed by atoms with Crippen molar-refractivity contribution in [3.63, 3.8) is 0 Å². The topological polar surface area (TPSA) is 30.0 Å². The molecular weight excluding hydrogens is 157 g/mol. The second kappa shape index (κ2) is 3.76. The van der Waals surface area contributed by atoms with Gasteiger partial charge in [-0.2, -0.15) is 0 Å². The van der Waals surface area contributed by atoms with Gasteiger partial charge >= 0.3 is 0 Å². The van der Waals surface area contributed by atoms with Gasteiger partial charge in [0.25, 0.3) is 0 Å². The van der Waals surface area contributed by atoms with Crippen LogP contribution in [0.15, 0.2) is 24.2 Å². The predicted octanol–water partition coefficient (Wildman–Crippen LogP) is 1.90. The number of halogens is 1. The van der Waals surface area contributed by atoms with Gasteiger partial charge in [-0.05, 0) is 18.6 Å². The minimum atomic E-state index is -0.814. The van der Waals surface area contributed by atoms with Crippen molar-refractivity contribution < 1.29 is 9.18 Å². The number of nitrogens with zero attached hydrogens (tertiary/aromatic N) is 1. The largest absolute Gasteiger partial charge is 0.295 e. The number of hydrogen-bond acceptors (Lipinski definition) is 2. The number of aldehydes is 1. The van der Waals surface area contributed by atoms with Gasteiger partial charge in [-0.25, -0.2) is 4.39 Å². The molecule has 1 aromatic heterocycles. The summed E-state index contributed by atoms with van der Waals surface area (Å²) in [6, 6.07) is 3.45. The maximum Gasteiger partial charge on any atom is 0.178 e. The molecule has 1 rings (SSSR count). The Balaban J connectivity index is 2.91. The third-order valence-corrected chi connectivity index (χ3v) is 1.33. The van der Waals surface area contributed by atoms with Crippen LogP contribution in [0.1, 0.15) is 11.3 Å². The maximum atomic E-state index is 12.4. The number of aryl methyl sites for hydroxylation is 1. The lowest BCUT2D eigenvalue weighted by Crippen LogP contribution is -1.82. The van der Waals surface area contributed by atoms with Crippen LogP contribution in [0, 0.1) is 6.92 Å². The highest BCUT2D eigenvalue weighted by atomic mass is 19.1. The fourth-order valence-electron chi connectivity index (χ4n) is 0.740. The highest BCUT2D eigenvalue weighted by molar-refractivity contribution is 5.77.